The van der Waals surface area contributed by atoms with Crippen LogP contribution >= 0.6 is 0 Å². The Morgan fingerprint density at radius 2 is 1.73 bits per heavy atom. The van der Waals surface area contributed by atoms with Crippen LogP contribution in [0.25, 0.3) is 33.4 Å². The summed E-state index contributed by atoms with van der Waals surface area (Å²) in [7, 11) is 0. The average Bonchev–Trinajstić information content (AvgIpc) is 3.82. The second-order valence-corrected chi connectivity index (χ2v) is 10.5. The highest BCUT2D eigenvalue weighted by Crippen LogP contribution is 2.55. The molecule has 1 aliphatic heterocycles. The predicted octanol–water partition coefficient (Wildman–Crippen LogP) is 3.31. The fraction of sp³-hybridized carbons (Fsp3) is 0.357. The molecule has 9 nitrogen and oxygen atoms in total. The molecule has 0 bridgehead atoms. The molecule has 3 fully saturated rings. The molecular weight excluding hydrogens is 468 g/mol. The van der Waals surface area contributed by atoms with Crippen molar-refractivity contribution < 1.29 is 14.6 Å². The molecule has 37 heavy (non-hydrogen) atoms. The van der Waals surface area contributed by atoms with Crippen LogP contribution in [0.3, 0.4) is 0 Å². The topological polar surface area (TPSA) is 116 Å². The standard InChI is InChI=1S/C28H28N6O3/c35-12-11-29-26(36)19-3-1-18(2-4-19)20-5-6-22-21(13-20)25(33-32-22)23-14-24(31-17-30-23)34-15-27(7-8-27)37-28(16-34)9-10-28/h1-6,13-14,17,35H,7-12,15-16H2,(H,29,36)(H,32,33). The van der Waals surface area contributed by atoms with Gasteiger partial charge in [-0.3, -0.25) is 9.89 Å². The summed E-state index contributed by atoms with van der Waals surface area (Å²) in [6.45, 7) is 1.91. The number of morpholine rings is 1. The van der Waals surface area contributed by atoms with Gasteiger partial charge >= 0.3 is 0 Å². The highest BCUT2D eigenvalue weighted by Gasteiger charge is 2.60. The van der Waals surface area contributed by atoms with Crippen molar-refractivity contribution in [3.63, 3.8) is 0 Å². The van der Waals surface area contributed by atoms with E-state index >= 15 is 0 Å². The zero-order chi connectivity index (χ0) is 25.0. The Labute approximate surface area is 213 Å². The Morgan fingerprint density at radius 3 is 2.43 bits per heavy atom. The first-order valence-corrected chi connectivity index (χ1v) is 12.8. The van der Waals surface area contributed by atoms with Gasteiger partial charge in [0.05, 0.1) is 29.0 Å². The molecule has 3 N–H and O–H groups in total. The SMILES string of the molecule is O=C(NCCO)c1ccc(-c2ccc3[nH]nc(-c4cc(N5CC6(CC6)OC6(CC6)C5)ncn4)c3c2)cc1. The van der Waals surface area contributed by atoms with Gasteiger partial charge in [-0.25, -0.2) is 9.97 Å². The molecule has 2 saturated carbocycles. The maximum absolute atomic E-state index is 12.2. The zero-order valence-electron chi connectivity index (χ0n) is 20.4. The third kappa shape index (κ3) is 4.14. The number of aromatic amines is 1. The number of hydrogen-bond acceptors (Lipinski definition) is 7. The Bertz CT molecular complexity index is 1470. The molecule has 9 heteroatoms. The van der Waals surface area contributed by atoms with E-state index in [2.05, 4.69) is 36.4 Å². The van der Waals surface area contributed by atoms with Crippen molar-refractivity contribution in [2.45, 2.75) is 36.9 Å². The second kappa shape index (κ2) is 8.36. The number of carbonyl (C=O) groups is 1. The number of aliphatic hydroxyl groups is 1. The number of ether oxygens (including phenoxy) is 1. The normalized spacial score (nSPS) is 18.9. The summed E-state index contributed by atoms with van der Waals surface area (Å²) < 4.78 is 6.45. The van der Waals surface area contributed by atoms with E-state index in [1.165, 1.54) is 0 Å². The Hall–Kier alpha value is -3.82. The maximum Gasteiger partial charge on any atom is 0.251 e. The molecule has 0 radical (unpaired) electrons. The highest BCUT2D eigenvalue weighted by atomic mass is 16.5. The average molecular weight is 497 g/mol. The van der Waals surface area contributed by atoms with E-state index in [0.717, 1.165) is 78.0 Å². The van der Waals surface area contributed by atoms with Gasteiger partial charge in [0.2, 0.25) is 0 Å². The number of nitrogens with zero attached hydrogens (tertiary/aromatic N) is 4. The second-order valence-electron chi connectivity index (χ2n) is 10.5. The minimum Gasteiger partial charge on any atom is -0.395 e. The molecule has 188 valence electrons. The Kier molecular flexibility index (Phi) is 5.06. The number of fused-ring (bicyclic) bond motifs is 1. The summed E-state index contributed by atoms with van der Waals surface area (Å²) in [6, 6.07) is 15.6. The molecule has 1 amide bonds. The fourth-order valence-corrected chi connectivity index (χ4v) is 5.36. The summed E-state index contributed by atoms with van der Waals surface area (Å²) in [5.41, 5.74) is 5.10. The molecule has 0 atom stereocenters. The van der Waals surface area contributed by atoms with Crippen LogP contribution in [-0.2, 0) is 4.74 Å². The summed E-state index contributed by atoms with van der Waals surface area (Å²) in [5.74, 6) is 0.724. The summed E-state index contributed by atoms with van der Waals surface area (Å²) in [5, 5.41) is 20.3. The van der Waals surface area contributed by atoms with Gasteiger partial charge in [-0.2, -0.15) is 5.10 Å². The quantitative estimate of drug-likeness (QED) is 0.375. The van der Waals surface area contributed by atoms with E-state index in [1.54, 1.807) is 18.5 Å². The molecule has 2 aromatic heterocycles. The Morgan fingerprint density at radius 1 is 1.00 bits per heavy atom. The van der Waals surface area contributed by atoms with Crippen molar-refractivity contribution in [1.29, 1.82) is 0 Å². The Balaban J connectivity index is 1.18. The van der Waals surface area contributed by atoms with Crippen LogP contribution in [0.15, 0.2) is 54.9 Å². The number of aromatic nitrogens is 4. The van der Waals surface area contributed by atoms with Gasteiger partial charge in [-0.15, -0.1) is 0 Å². The number of nitrogens with one attached hydrogen (secondary N) is 2. The number of amides is 1. The fourth-order valence-electron chi connectivity index (χ4n) is 5.36. The maximum atomic E-state index is 12.2. The molecule has 2 aromatic carbocycles. The number of rotatable bonds is 6. The third-order valence-electron chi connectivity index (χ3n) is 7.67. The van der Waals surface area contributed by atoms with Gasteiger partial charge in [0.25, 0.3) is 5.91 Å². The van der Waals surface area contributed by atoms with E-state index in [0.29, 0.717) is 5.56 Å². The molecule has 1 saturated heterocycles. The van der Waals surface area contributed by atoms with Crippen LogP contribution in [0.4, 0.5) is 5.82 Å². The number of H-pyrrole nitrogens is 1. The van der Waals surface area contributed by atoms with E-state index < -0.39 is 0 Å². The minimum absolute atomic E-state index is 0.0167. The molecule has 2 spiro atoms. The van der Waals surface area contributed by atoms with Crippen molar-refractivity contribution in [1.82, 2.24) is 25.5 Å². The first kappa shape index (κ1) is 22.4. The van der Waals surface area contributed by atoms with Gasteiger partial charge in [-0.1, -0.05) is 18.2 Å². The summed E-state index contributed by atoms with van der Waals surface area (Å²) in [6.07, 6.45) is 6.15. The van der Waals surface area contributed by atoms with Crippen molar-refractivity contribution in [2.75, 3.05) is 31.1 Å². The number of aliphatic hydroxyl groups excluding tert-OH is 1. The van der Waals surface area contributed by atoms with Gasteiger partial charge in [0, 0.05) is 36.7 Å². The third-order valence-corrected chi connectivity index (χ3v) is 7.67. The smallest absolute Gasteiger partial charge is 0.251 e. The molecule has 3 aliphatic rings. The van der Waals surface area contributed by atoms with Crippen LogP contribution in [0.2, 0.25) is 0 Å². The molecular formula is C28H28N6O3. The largest absolute Gasteiger partial charge is 0.395 e. The lowest BCUT2D eigenvalue weighted by Crippen LogP contribution is -2.50. The van der Waals surface area contributed by atoms with E-state index in [9.17, 15) is 4.79 Å². The first-order valence-electron chi connectivity index (χ1n) is 12.8. The number of anilines is 1. The van der Waals surface area contributed by atoms with Gasteiger partial charge < -0.3 is 20.1 Å². The lowest BCUT2D eigenvalue weighted by atomic mass is 10.0. The highest BCUT2D eigenvalue weighted by molar-refractivity contribution is 5.96. The van der Waals surface area contributed by atoms with Crippen molar-refractivity contribution in [3.8, 4) is 22.5 Å². The number of benzene rings is 2. The molecule has 4 aromatic rings. The predicted molar refractivity (Wildman–Crippen MR) is 139 cm³/mol. The number of carbonyl (C=O) groups excluding carboxylic acids is 1. The van der Waals surface area contributed by atoms with Crippen LogP contribution in [0.5, 0.6) is 0 Å². The van der Waals surface area contributed by atoms with Crippen LogP contribution < -0.4 is 10.2 Å². The van der Waals surface area contributed by atoms with Crippen LogP contribution in [0.1, 0.15) is 36.0 Å². The molecule has 3 heterocycles. The lowest BCUT2D eigenvalue weighted by Gasteiger charge is -2.39. The minimum atomic E-state index is -0.201. The van der Waals surface area contributed by atoms with Crippen molar-refractivity contribution >= 4 is 22.6 Å². The van der Waals surface area contributed by atoms with E-state index in [4.69, 9.17) is 9.84 Å². The van der Waals surface area contributed by atoms with Crippen molar-refractivity contribution in [3.05, 3.63) is 60.4 Å². The van der Waals surface area contributed by atoms with Crippen LogP contribution in [0, 0.1) is 0 Å². The van der Waals surface area contributed by atoms with Crippen molar-refractivity contribution in [2.24, 2.45) is 0 Å². The molecule has 7 rings (SSSR count). The lowest BCUT2D eigenvalue weighted by molar-refractivity contribution is -0.0608. The van der Waals surface area contributed by atoms with E-state index in [1.807, 2.05) is 30.3 Å². The van der Waals surface area contributed by atoms with Crippen LogP contribution in [-0.4, -0.2) is 68.6 Å². The zero-order valence-corrected chi connectivity index (χ0v) is 20.4. The van der Waals surface area contributed by atoms with E-state index in [-0.39, 0.29) is 30.3 Å². The van der Waals surface area contributed by atoms with Gasteiger partial charge in [0.15, 0.2) is 0 Å². The molecule has 2 aliphatic carbocycles. The molecule has 0 unspecified atom stereocenters. The first-order chi connectivity index (χ1) is 18.1. The van der Waals surface area contributed by atoms with Gasteiger partial charge in [0.1, 0.15) is 17.8 Å². The van der Waals surface area contributed by atoms with Gasteiger partial charge in [-0.05, 0) is 61.1 Å². The number of hydrogen-bond donors (Lipinski definition) is 3. The summed E-state index contributed by atoms with van der Waals surface area (Å²) in [4.78, 5) is 23.7. The monoisotopic (exact) mass is 496 g/mol. The summed E-state index contributed by atoms with van der Waals surface area (Å²) >= 11 is 0.